The van der Waals surface area contributed by atoms with E-state index in [9.17, 15) is 0 Å². The van der Waals surface area contributed by atoms with Gasteiger partial charge in [-0.15, -0.1) is 0 Å². The highest BCUT2D eigenvalue weighted by Gasteiger charge is 2.26. The summed E-state index contributed by atoms with van der Waals surface area (Å²) in [6.45, 7) is 10.1. The van der Waals surface area contributed by atoms with Crippen molar-refractivity contribution in [3.8, 4) is 0 Å². The predicted octanol–water partition coefficient (Wildman–Crippen LogP) is 1.87. The highest BCUT2D eigenvalue weighted by atomic mass is 16.6. The molecule has 0 radical (unpaired) electrons. The van der Waals surface area contributed by atoms with Crippen LogP contribution in [0.5, 0.6) is 0 Å². The van der Waals surface area contributed by atoms with Crippen LogP contribution in [-0.2, 0) is 9.31 Å². The lowest BCUT2D eigenvalue weighted by Gasteiger charge is -2.19. The summed E-state index contributed by atoms with van der Waals surface area (Å²) in [5.41, 5.74) is 2.18. The molecule has 0 bridgehead atoms. The predicted molar refractivity (Wildman–Crippen MR) is 63.4 cm³/mol. The van der Waals surface area contributed by atoms with Crippen LogP contribution in [0.2, 0.25) is 0 Å². The molecule has 0 fully saturated rings. The Kier molecular flexibility index (Phi) is 4.42. The Morgan fingerprint density at radius 2 is 1.67 bits per heavy atom. The van der Waals surface area contributed by atoms with Crippen molar-refractivity contribution in [2.24, 2.45) is 0 Å². The van der Waals surface area contributed by atoms with Crippen LogP contribution < -0.4 is 5.59 Å². The lowest BCUT2D eigenvalue weighted by atomic mass is 9.81. The van der Waals surface area contributed by atoms with Gasteiger partial charge < -0.3 is 14.3 Å². The number of nitrogens with one attached hydrogen (secondary N) is 1. The van der Waals surface area contributed by atoms with E-state index in [0.717, 1.165) is 5.59 Å². The first-order valence-electron chi connectivity index (χ1n) is 5.45. The molecule has 0 unspecified atom stereocenters. The van der Waals surface area contributed by atoms with Gasteiger partial charge in [0.2, 0.25) is 0 Å². The fourth-order valence-corrected chi connectivity index (χ4v) is 1.38. The van der Waals surface area contributed by atoms with Crippen molar-refractivity contribution in [2.45, 2.75) is 46.8 Å². The summed E-state index contributed by atoms with van der Waals surface area (Å²) in [6.07, 6.45) is 2.21. The molecule has 0 spiro atoms. The molecular formula is C11H20BNO2. The molecule has 1 heterocycles. The molecule has 0 aromatic carbocycles. The third-order valence-corrected chi connectivity index (χ3v) is 2.02. The summed E-state index contributed by atoms with van der Waals surface area (Å²) in [4.78, 5) is 3.17. The summed E-state index contributed by atoms with van der Waals surface area (Å²) >= 11 is 0. The summed E-state index contributed by atoms with van der Waals surface area (Å²) in [7, 11) is -0.292. The van der Waals surface area contributed by atoms with Crippen molar-refractivity contribution >= 4 is 12.7 Å². The van der Waals surface area contributed by atoms with Crippen molar-refractivity contribution in [2.75, 3.05) is 0 Å². The minimum Gasteiger partial charge on any atom is -0.404 e. The maximum Gasteiger partial charge on any atom is 0.511 e. The van der Waals surface area contributed by atoms with Crippen molar-refractivity contribution in [1.82, 2.24) is 4.98 Å². The summed E-state index contributed by atoms with van der Waals surface area (Å²) in [5, 5.41) is 0. The van der Waals surface area contributed by atoms with Gasteiger partial charge >= 0.3 is 7.12 Å². The Morgan fingerprint density at radius 1 is 1.13 bits per heavy atom. The number of rotatable bonds is 5. The van der Waals surface area contributed by atoms with Crippen LogP contribution in [0.1, 0.15) is 33.3 Å². The van der Waals surface area contributed by atoms with E-state index in [1.54, 1.807) is 0 Å². The van der Waals surface area contributed by atoms with Gasteiger partial charge in [0.1, 0.15) is 0 Å². The molecule has 3 nitrogen and oxygen atoms in total. The van der Waals surface area contributed by atoms with Crippen LogP contribution in [-0.4, -0.2) is 24.3 Å². The molecule has 1 aromatic heterocycles. The van der Waals surface area contributed by atoms with Crippen molar-refractivity contribution in [3.63, 3.8) is 0 Å². The zero-order chi connectivity index (χ0) is 11.4. The van der Waals surface area contributed by atoms with Gasteiger partial charge in [0, 0.05) is 24.0 Å². The van der Waals surface area contributed by atoms with Gasteiger partial charge in [0.05, 0.1) is 0 Å². The van der Waals surface area contributed by atoms with Crippen LogP contribution in [0.25, 0.3) is 0 Å². The van der Waals surface area contributed by atoms with E-state index in [-0.39, 0.29) is 19.3 Å². The Bertz CT molecular complexity index is 287. The molecule has 0 aliphatic rings. The summed E-state index contributed by atoms with van der Waals surface area (Å²) in [6, 6.07) is 2.02. The van der Waals surface area contributed by atoms with E-state index in [4.69, 9.17) is 9.31 Å². The topological polar surface area (TPSA) is 34.2 Å². The quantitative estimate of drug-likeness (QED) is 0.751. The Morgan fingerprint density at radius 3 is 2.00 bits per heavy atom. The average molecular weight is 209 g/mol. The average Bonchev–Trinajstić information content (AvgIpc) is 2.48. The third kappa shape index (κ3) is 3.72. The molecule has 0 amide bonds. The highest BCUT2D eigenvalue weighted by Crippen LogP contribution is 2.03. The summed E-state index contributed by atoms with van der Waals surface area (Å²) < 4.78 is 11.5. The van der Waals surface area contributed by atoms with Crippen LogP contribution in [0.15, 0.2) is 12.3 Å². The molecule has 1 aromatic rings. The van der Waals surface area contributed by atoms with E-state index in [2.05, 4.69) is 4.98 Å². The van der Waals surface area contributed by atoms with Gasteiger partial charge in [0.25, 0.3) is 0 Å². The first-order valence-corrected chi connectivity index (χ1v) is 5.45. The molecule has 1 rings (SSSR count). The van der Waals surface area contributed by atoms with E-state index in [0.29, 0.717) is 0 Å². The van der Waals surface area contributed by atoms with Gasteiger partial charge in [-0.1, -0.05) is 0 Å². The molecule has 0 saturated carbocycles. The second-order valence-corrected chi connectivity index (χ2v) is 4.28. The van der Waals surface area contributed by atoms with Crippen LogP contribution in [0, 0.1) is 6.92 Å². The van der Waals surface area contributed by atoms with Gasteiger partial charge in [-0.3, -0.25) is 0 Å². The van der Waals surface area contributed by atoms with Gasteiger partial charge in [-0.2, -0.15) is 0 Å². The van der Waals surface area contributed by atoms with Crippen molar-refractivity contribution in [1.29, 1.82) is 0 Å². The first kappa shape index (κ1) is 12.3. The largest absolute Gasteiger partial charge is 0.511 e. The van der Waals surface area contributed by atoms with E-state index in [1.807, 2.05) is 46.9 Å². The second-order valence-electron chi connectivity index (χ2n) is 4.28. The maximum atomic E-state index is 5.73. The normalized spacial score (nSPS) is 11.4. The number of aromatic nitrogens is 1. The minimum atomic E-state index is -0.292. The molecule has 0 aliphatic heterocycles. The van der Waals surface area contributed by atoms with Crippen LogP contribution in [0.4, 0.5) is 0 Å². The SMILES string of the molecule is Cc1cc[nH]c1B(OC(C)C)OC(C)C. The Hall–Kier alpha value is -0.735. The zero-order valence-electron chi connectivity index (χ0n) is 10.2. The Balaban J connectivity index is 2.76. The van der Waals surface area contributed by atoms with E-state index >= 15 is 0 Å². The number of aryl methyl sites for hydroxylation is 1. The van der Waals surface area contributed by atoms with Crippen molar-refractivity contribution < 1.29 is 9.31 Å². The Labute approximate surface area is 92.3 Å². The fraction of sp³-hybridized carbons (Fsp3) is 0.636. The van der Waals surface area contributed by atoms with Gasteiger partial charge in [-0.05, 0) is 46.2 Å². The zero-order valence-corrected chi connectivity index (χ0v) is 10.2. The third-order valence-electron chi connectivity index (χ3n) is 2.02. The number of hydrogen-bond donors (Lipinski definition) is 1. The number of aromatic amines is 1. The molecule has 15 heavy (non-hydrogen) atoms. The van der Waals surface area contributed by atoms with Gasteiger partial charge in [0.15, 0.2) is 0 Å². The second kappa shape index (κ2) is 5.38. The lowest BCUT2D eigenvalue weighted by molar-refractivity contribution is 0.138. The van der Waals surface area contributed by atoms with Crippen LogP contribution >= 0.6 is 0 Å². The van der Waals surface area contributed by atoms with E-state index in [1.165, 1.54) is 5.56 Å². The van der Waals surface area contributed by atoms with Crippen molar-refractivity contribution in [3.05, 3.63) is 17.8 Å². The smallest absolute Gasteiger partial charge is 0.404 e. The highest BCUT2D eigenvalue weighted by molar-refractivity contribution is 6.61. The summed E-state index contributed by atoms with van der Waals surface area (Å²) in [5.74, 6) is 0. The maximum absolute atomic E-state index is 5.73. The van der Waals surface area contributed by atoms with E-state index < -0.39 is 0 Å². The molecule has 0 saturated heterocycles. The molecule has 0 atom stereocenters. The van der Waals surface area contributed by atoms with Gasteiger partial charge in [-0.25, -0.2) is 0 Å². The minimum absolute atomic E-state index is 0.149. The molecular weight excluding hydrogens is 189 g/mol. The standard InChI is InChI=1S/C11H20BNO2/c1-8(2)14-12(15-9(3)4)11-10(5)6-7-13-11/h6-9,13H,1-5H3. The first-order chi connectivity index (χ1) is 7.00. The van der Waals surface area contributed by atoms with Crippen LogP contribution in [0.3, 0.4) is 0 Å². The number of H-pyrrole nitrogens is 1. The fourth-order valence-electron chi connectivity index (χ4n) is 1.38. The molecule has 84 valence electrons. The monoisotopic (exact) mass is 209 g/mol. The number of hydrogen-bond acceptors (Lipinski definition) is 2. The lowest BCUT2D eigenvalue weighted by Crippen LogP contribution is -2.42. The molecule has 0 aliphatic carbocycles. The molecule has 1 N–H and O–H groups in total. The molecule has 4 heteroatoms.